The summed E-state index contributed by atoms with van der Waals surface area (Å²) < 4.78 is 7.50. The third kappa shape index (κ3) is 3.81. The quantitative estimate of drug-likeness (QED) is 0.192. The van der Waals surface area contributed by atoms with E-state index in [4.69, 9.17) is 0 Å². The van der Waals surface area contributed by atoms with Crippen LogP contribution in [0.25, 0.3) is 87.4 Å². The second-order valence-corrected chi connectivity index (χ2v) is 15.0. The van der Waals surface area contributed by atoms with Gasteiger partial charge in [-0.2, -0.15) is 0 Å². The predicted octanol–water partition coefficient (Wildman–Crippen LogP) is 12.8. The Kier molecular flexibility index (Phi) is 5.68. The molecule has 12 aromatic rings. The first kappa shape index (κ1) is 29.2. The van der Waals surface area contributed by atoms with Crippen LogP contribution in [-0.2, 0) is 0 Å². The van der Waals surface area contributed by atoms with Crippen LogP contribution < -0.4 is 10.6 Å². The van der Waals surface area contributed by atoms with Gasteiger partial charge in [-0.15, -0.1) is 0 Å². The molecule has 1 aliphatic rings. The molecule has 55 heavy (non-hydrogen) atoms. The second-order valence-electron chi connectivity index (χ2n) is 15.0. The Hall–Kier alpha value is -7.24. The second kappa shape index (κ2) is 10.7. The molecule has 5 nitrogen and oxygen atoms in total. The summed E-state index contributed by atoms with van der Waals surface area (Å²) in [5, 5.41) is 18.3. The number of nitrogens with zero attached hydrogens (tertiary/aromatic N) is 3. The lowest BCUT2D eigenvalue weighted by atomic mass is 9.98. The monoisotopic (exact) mass is 703 g/mol. The highest BCUT2D eigenvalue weighted by molar-refractivity contribution is 6.31. The summed E-state index contributed by atoms with van der Waals surface area (Å²) >= 11 is 0. The van der Waals surface area contributed by atoms with E-state index < -0.39 is 0 Å². The number of para-hydroxylation sites is 6. The third-order valence-corrected chi connectivity index (χ3v) is 12.3. The smallest absolute Gasteiger partial charge is 0.129 e. The number of nitrogens with one attached hydrogen (secondary N) is 2. The summed E-state index contributed by atoms with van der Waals surface area (Å²) in [4.78, 5) is 0. The maximum absolute atomic E-state index is 4.08. The molecule has 13 rings (SSSR count). The molecule has 5 heteroatoms. The van der Waals surface area contributed by atoms with Gasteiger partial charge in [-0.05, 0) is 71.6 Å². The Morgan fingerprint density at radius 3 is 1.78 bits per heavy atom. The van der Waals surface area contributed by atoms with Crippen LogP contribution in [0.3, 0.4) is 0 Å². The zero-order valence-electron chi connectivity index (χ0n) is 29.7. The standard InChI is InChI=1S/C50H33N5/c1-2-13-31(14-3-1)53-40-22-8-4-15-32(40)34-28-27-30(29-45(34)53)48-50(52-39-21-7-6-20-38(39)51-48)55-42-24-11-17-35-37-19-10-18-36-33-16-5-9-23-41(33)54(49(36)37)43-25-12-26-44(55)47(43)46(35)42/h1-29,48,50-52H. The van der Waals surface area contributed by atoms with Crippen molar-refractivity contribution in [2.24, 2.45) is 0 Å². The van der Waals surface area contributed by atoms with Crippen molar-refractivity contribution in [2.75, 3.05) is 10.6 Å². The zero-order valence-corrected chi connectivity index (χ0v) is 29.7. The fourth-order valence-electron chi connectivity index (χ4n) is 10.1. The fourth-order valence-corrected chi connectivity index (χ4v) is 10.1. The van der Waals surface area contributed by atoms with Gasteiger partial charge in [0.15, 0.2) is 0 Å². The Morgan fingerprint density at radius 2 is 0.945 bits per heavy atom. The molecule has 2 atom stereocenters. The Bertz CT molecular complexity index is 3510. The first-order valence-corrected chi connectivity index (χ1v) is 19.1. The van der Waals surface area contributed by atoms with Crippen molar-refractivity contribution < 1.29 is 0 Å². The summed E-state index contributed by atoms with van der Waals surface area (Å²) in [5.74, 6) is 0. The van der Waals surface area contributed by atoms with Gasteiger partial charge in [0.25, 0.3) is 0 Å². The molecule has 0 bridgehead atoms. The number of fused-ring (bicyclic) bond motifs is 9. The van der Waals surface area contributed by atoms with E-state index in [2.05, 4.69) is 200 Å². The maximum atomic E-state index is 4.08. The van der Waals surface area contributed by atoms with Crippen LogP contribution in [-0.4, -0.2) is 13.5 Å². The average Bonchev–Trinajstić information content (AvgIpc) is 3.86. The van der Waals surface area contributed by atoms with Crippen LogP contribution in [0, 0.1) is 0 Å². The molecule has 1 aliphatic heterocycles. The van der Waals surface area contributed by atoms with E-state index in [-0.39, 0.29) is 12.2 Å². The van der Waals surface area contributed by atoms with Crippen LogP contribution in [0.5, 0.6) is 0 Å². The molecular weight excluding hydrogens is 671 g/mol. The Labute approximate surface area is 315 Å². The summed E-state index contributed by atoms with van der Waals surface area (Å²) in [6, 6.07) is 64.5. The van der Waals surface area contributed by atoms with Crippen LogP contribution in [0.4, 0.5) is 11.4 Å². The minimum atomic E-state index is -0.150. The van der Waals surface area contributed by atoms with E-state index in [9.17, 15) is 0 Å². The minimum Gasteiger partial charge on any atom is -0.373 e. The van der Waals surface area contributed by atoms with Gasteiger partial charge < -0.3 is 24.2 Å². The SMILES string of the molecule is c1ccc(-n2c3ccccc3c3ccc(C4Nc5ccccc5NC4n4c5cccc6c7cccc8c9ccccc9n(c9cccc4c9c65)c78)cc32)cc1. The normalized spacial score (nSPS) is 15.9. The van der Waals surface area contributed by atoms with Gasteiger partial charge in [0.05, 0.1) is 56.0 Å². The van der Waals surface area contributed by atoms with Crippen molar-refractivity contribution >= 4 is 93.1 Å². The molecule has 0 fully saturated rings. The highest BCUT2D eigenvalue weighted by Gasteiger charge is 2.34. The molecule has 2 unspecified atom stereocenters. The van der Waals surface area contributed by atoms with Crippen LogP contribution >= 0.6 is 0 Å². The number of aromatic nitrogens is 3. The van der Waals surface area contributed by atoms with Gasteiger partial charge in [0.1, 0.15) is 6.17 Å². The number of benzene rings is 8. The predicted molar refractivity (Wildman–Crippen MR) is 230 cm³/mol. The average molecular weight is 704 g/mol. The fraction of sp³-hybridized carbons (Fsp3) is 0.0400. The highest BCUT2D eigenvalue weighted by Crippen LogP contribution is 2.48. The van der Waals surface area contributed by atoms with E-state index in [1.54, 1.807) is 0 Å². The largest absolute Gasteiger partial charge is 0.373 e. The number of hydrogen-bond donors (Lipinski definition) is 2. The Balaban J connectivity index is 1.13. The van der Waals surface area contributed by atoms with E-state index in [0.29, 0.717) is 0 Å². The molecule has 0 saturated carbocycles. The molecule has 2 N–H and O–H groups in total. The maximum Gasteiger partial charge on any atom is 0.129 e. The van der Waals surface area contributed by atoms with Gasteiger partial charge >= 0.3 is 0 Å². The lowest BCUT2D eigenvalue weighted by Crippen LogP contribution is -2.34. The molecule has 258 valence electrons. The van der Waals surface area contributed by atoms with Crippen molar-refractivity contribution in [3.63, 3.8) is 0 Å². The molecule has 0 amide bonds. The van der Waals surface area contributed by atoms with Crippen molar-refractivity contribution in [3.8, 4) is 5.69 Å². The summed E-state index contributed by atoms with van der Waals surface area (Å²) in [7, 11) is 0. The van der Waals surface area contributed by atoms with Crippen molar-refractivity contribution in [1.82, 2.24) is 13.5 Å². The molecule has 8 aromatic carbocycles. The van der Waals surface area contributed by atoms with Crippen molar-refractivity contribution in [1.29, 1.82) is 0 Å². The van der Waals surface area contributed by atoms with E-state index >= 15 is 0 Å². The lowest BCUT2D eigenvalue weighted by Gasteiger charge is -2.38. The van der Waals surface area contributed by atoms with Crippen LogP contribution in [0.1, 0.15) is 17.8 Å². The van der Waals surface area contributed by atoms with Gasteiger partial charge in [-0.25, -0.2) is 0 Å². The van der Waals surface area contributed by atoms with Crippen LogP contribution in [0.2, 0.25) is 0 Å². The minimum absolute atomic E-state index is 0.0954. The van der Waals surface area contributed by atoms with Gasteiger partial charge in [0, 0.05) is 43.4 Å². The summed E-state index contributed by atoms with van der Waals surface area (Å²) in [6.07, 6.45) is -0.150. The topological polar surface area (TPSA) is 38.3 Å². The molecule has 0 aliphatic carbocycles. The molecule has 0 saturated heterocycles. The van der Waals surface area contributed by atoms with Gasteiger partial charge in [0.2, 0.25) is 0 Å². The van der Waals surface area contributed by atoms with Crippen molar-refractivity contribution in [2.45, 2.75) is 12.2 Å². The number of hydrogen-bond acceptors (Lipinski definition) is 2. The van der Waals surface area contributed by atoms with E-state index in [1.807, 2.05) is 0 Å². The van der Waals surface area contributed by atoms with Crippen molar-refractivity contribution in [3.05, 3.63) is 181 Å². The number of rotatable bonds is 3. The third-order valence-electron chi connectivity index (χ3n) is 12.3. The number of anilines is 2. The highest BCUT2D eigenvalue weighted by atomic mass is 15.3. The first-order valence-electron chi connectivity index (χ1n) is 19.1. The zero-order chi connectivity index (χ0) is 35.8. The summed E-state index contributed by atoms with van der Waals surface area (Å²) in [6.45, 7) is 0. The first-order chi connectivity index (χ1) is 27.3. The summed E-state index contributed by atoms with van der Waals surface area (Å²) in [5.41, 5.74) is 13.1. The van der Waals surface area contributed by atoms with E-state index in [1.165, 1.54) is 87.3 Å². The van der Waals surface area contributed by atoms with E-state index in [0.717, 1.165) is 17.1 Å². The van der Waals surface area contributed by atoms with Gasteiger partial charge in [-0.1, -0.05) is 115 Å². The Morgan fingerprint density at radius 1 is 0.382 bits per heavy atom. The lowest BCUT2D eigenvalue weighted by molar-refractivity contribution is 0.506. The van der Waals surface area contributed by atoms with Gasteiger partial charge in [-0.3, -0.25) is 0 Å². The molecular formula is C50H33N5. The van der Waals surface area contributed by atoms with Crippen LogP contribution in [0.15, 0.2) is 176 Å². The molecule has 0 radical (unpaired) electrons. The molecule has 4 aromatic heterocycles. The molecule has 0 spiro atoms. The molecule has 5 heterocycles.